The number of halogens is 1. The zero-order valence-corrected chi connectivity index (χ0v) is 18.9. The number of hydrogen-bond acceptors (Lipinski definition) is 7. The Bertz CT molecular complexity index is 1060. The molecule has 160 valence electrons. The molecule has 1 heterocycles. The maximum atomic E-state index is 12.9. The molecule has 0 bridgehead atoms. The van der Waals surface area contributed by atoms with Gasteiger partial charge in [-0.25, -0.2) is 17.9 Å². The summed E-state index contributed by atoms with van der Waals surface area (Å²) >= 11 is 2.10. The molecule has 0 spiro atoms. The van der Waals surface area contributed by atoms with Crippen molar-refractivity contribution in [2.45, 2.75) is 35.5 Å². The molecular weight excluding hydrogens is 525 g/mol. The number of carbonyl (C=O) groups is 1. The molecule has 0 amide bonds. The first-order valence-corrected chi connectivity index (χ1v) is 11.8. The summed E-state index contributed by atoms with van der Waals surface area (Å²) in [5.74, 6) is -0.0672. The minimum absolute atomic E-state index is 0.132. The number of fused-ring (bicyclic) bond motifs is 3. The molecule has 2 N–H and O–H groups in total. The van der Waals surface area contributed by atoms with Crippen molar-refractivity contribution in [1.29, 1.82) is 0 Å². The van der Waals surface area contributed by atoms with Gasteiger partial charge in [-0.3, -0.25) is 0 Å². The molecule has 0 aromatic heterocycles. The first-order valence-electron chi connectivity index (χ1n) is 9.25. The SMILES string of the molecule is COC(=O)COc1cccc2c1OC1CC(O)C(NS(=O)(=O)c3ccc(I)cc3)C21. The largest absolute Gasteiger partial charge is 0.485 e. The predicted molar refractivity (Wildman–Crippen MR) is 115 cm³/mol. The normalized spacial score (nSPS) is 24.6. The molecule has 0 saturated heterocycles. The highest BCUT2D eigenvalue weighted by Crippen LogP contribution is 2.51. The summed E-state index contributed by atoms with van der Waals surface area (Å²) in [5.41, 5.74) is 0.731. The zero-order chi connectivity index (χ0) is 21.5. The van der Waals surface area contributed by atoms with Crippen LogP contribution in [0.15, 0.2) is 47.4 Å². The smallest absolute Gasteiger partial charge is 0.343 e. The molecular formula is C20H20INO7S. The van der Waals surface area contributed by atoms with Crippen molar-refractivity contribution in [2.24, 2.45) is 0 Å². The fourth-order valence-electron chi connectivity index (χ4n) is 3.91. The highest BCUT2D eigenvalue weighted by Gasteiger charge is 2.51. The van der Waals surface area contributed by atoms with Crippen LogP contribution in [0.3, 0.4) is 0 Å². The lowest BCUT2D eigenvalue weighted by atomic mass is 9.94. The second-order valence-electron chi connectivity index (χ2n) is 7.13. The van der Waals surface area contributed by atoms with Gasteiger partial charge in [-0.15, -0.1) is 0 Å². The molecule has 4 atom stereocenters. The Hall–Kier alpha value is -1.89. The molecule has 4 unspecified atom stereocenters. The minimum Gasteiger partial charge on any atom is -0.485 e. The Labute approximate surface area is 187 Å². The van der Waals surface area contributed by atoms with Crippen LogP contribution in [-0.4, -0.2) is 51.5 Å². The number of nitrogens with one attached hydrogen (secondary N) is 1. The van der Waals surface area contributed by atoms with Crippen molar-refractivity contribution in [3.8, 4) is 11.5 Å². The predicted octanol–water partition coefficient (Wildman–Crippen LogP) is 1.80. The van der Waals surface area contributed by atoms with E-state index in [1.54, 1.807) is 24.3 Å². The number of benzene rings is 2. The summed E-state index contributed by atoms with van der Waals surface area (Å²) in [7, 11) is -2.56. The van der Waals surface area contributed by atoms with Crippen LogP contribution in [0.1, 0.15) is 17.9 Å². The quantitative estimate of drug-likeness (QED) is 0.421. The molecule has 1 aliphatic carbocycles. The van der Waals surface area contributed by atoms with Crippen molar-refractivity contribution >= 4 is 38.6 Å². The molecule has 10 heteroatoms. The van der Waals surface area contributed by atoms with E-state index in [-0.39, 0.29) is 23.8 Å². The van der Waals surface area contributed by atoms with Gasteiger partial charge in [-0.1, -0.05) is 12.1 Å². The number of esters is 1. The van der Waals surface area contributed by atoms with Crippen molar-refractivity contribution < 1.29 is 32.5 Å². The van der Waals surface area contributed by atoms with E-state index in [1.807, 2.05) is 6.07 Å². The van der Waals surface area contributed by atoms with Crippen molar-refractivity contribution in [1.82, 2.24) is 4.72 Å². The van der Waals surface area contributed by atoms with E-state index >= 15 is 0 Å². The fraction of sp³-hybridized carbons (Fsp3) is 0.350. The van der Waals surface area contributed by atoms with E-state index in [9.17, 15) is 18.3 Å². The van der Waals surface area contributed by atoms with Gasteiger partial charge in [0.25, 0.3) is 0 Å². The lowest BCUT2D eigenvalue weighted by molar-refractivity contribution is -0.142. The fourth-order valence-corrected chi connectivity index (χ4v) is 5.56. The molecule has 2 aromatic rings. The number of aliphatic hydroxyl groups is 1. The molecule has 0 radical (unpaired) electrons. The summed E-state index contributed by atoms with van der Waals surface area (Å²) in [6.45, 7) is -0.267. The average molecular weight is 545 g/mol. The van der Waals surface area contributed by atoms with Crippen molar-refractivity contribution in [3.63, 3.8) is 0 Å². The molecule has 8 nitrogen and oxygen atoms in total. The Morgan fingerprint density at radius 3 is 2.70 bits per heavy atom. The monoisotopic (exact) mass is 545 g/mol. The van der Waals surface area contributed by atoms with Crippen LogP contribution < -0.4 is 14.2 Å². The van der Waals surface area contributed by atoms with Crippen LogP contribution >= 0.6 is 22.6 Å². The Kier molecular flexibility index (Phi) is 5.93. The first-order chi connectivity index (χ1) is 14.3. The summed E-state index contributed by atoms with van der Waals surface area (Å²) in [6.07, 6.45) is -1.02. The number of methoxy groups -OCH3 is 1. The second kappa shape index (κ2) is 8.33. The molecule has 1 fully saturated rings. The molecule has 2 aliphatic rings. The standard InChI is InChI=1S/C20H20INO7S/c1-27-17(24)10-28-15-4-2-3-13-18-16(29-20(13)15)9-14(23)19(18)22-30(25,26)12-7-5-11(21)6-8-12/h2-8,14,16,18-19,22-23H,9-10H2,1H3. The van der Waals surface area contributed by atoms with Crippen LogP contribution in [0.4, 0.5) is 0 Å². The lowest BCUT2D eigenvalue weighted by Gasteiger charge is -2.22. The maximum Gasteiger partial charge on any atom is 0.343 e. The summed E-state index contributed by atoms with van der Waals surface area (Å²) < 4.78 is 45.4. The Morgan fingerprint density at radius 2 is 2.00 bits per heavy atom. The lowest BCUT2D eigenvalue weighted by Crippen LogP contribution is -2.43. The minimum atomic E-state index is -3.83. The molecule has 30 heavy (non-hydrogen) atoms. The average Bonchev–Trinajstić information content (AvgIpc) is 3.22. The number of hydrogen-bond donors (Lipinski definition) is 2. The van der Waals surface area contributed by atoms with Gasteiger partial charge in [0.2, 0.25) is 10.0 Å². The maximum absolute atomic E-state index is 12.9. The van der Waals surface area contributed by atoms with Crippen LogP contribution in [0.5, 0.6) is 11.5 Å². The molecule has 1 aliphatic heterocycles. The number of carbonyl (C=O) groups excluding carboxylic acids is 1. The Morgan fingerprint density at radius 1 is 1.27 bits per heavy atom. The van der Waals surface area contributed by atoms with Crippen LogP contribution in [0, 0.1) is 3.57 Å². The van der Waals surface area contributed by atoms with E-state index < -0.39 is 34.2 Å². The van der Waals surface area contributed by atoms with Crippen molar-refractivity contribution in [3.05, 3.63) is 51.6 Å². The molecule has 1 saturated carbocycles. The van der Waals surface area contributed by atoms with Gasteiger partial charge in [0.1, 0.15) is 6.10 Å². The van der Waals surface area contributed by atoms with Gasteiger partial charge in [0, 0.05) is 21.5 Å². The van der Waals surface area contributed by atoms with Crippen LogP contribution in [0.2, 0.25) is 0 Å². The Balaban J connectivity index is 1.60. The van der Waals surface area contributed by atoms with E-state index in [2.05, 4.69) is 32.0 Å². The third-order valence-electron chi connectivity index (χ3n) is 5.30. The number of ether oxygens (including phenoxy) is 3. The van der Waals surface area contributed by atoms with Crippen LogP contribution in [-0.2, 0) is 19.6 Å². The van der Waals surface area contributed by atoms with E-state index in [1.165, 1.54) is 19.2 Å². The van der Waals surface area contributed by atoms with Gasteiger partial charge in [-0.2, -0.15) is 0 Å². The highest BCUT2D eigenvalue weighted by atomic mass is 127. The van der Waals surface area contributed by atoms with Gasteiger partial charge in [0.05, 0.1) is 24.2 Å². The zero-order valence-electron chi connectivity index (χ0n) is 15.9. The van der Waals surface area contributed by atoms with Crippen LogP contribution in [0.25, 0.3) is 0 Å². The van der Waals surface area contributed by atoms with Gasteiger partial charge < -0.3 is 19.3 Å². The van der Waals surface area contributed by atoms with E-state index in [0.29, 0.717) is 11.5 Å². The van der Waals surface area contributed by atoms with Gasteiger partial charge in [-0.05, 0) is 52.9 Å². The number of para-hydroxylation sites is 1. The summed E-state index contributed by atoms with van der Waals surface area (Å²) in [4.78, 5) is 11.5. The number of rotatable bonds is 6. The number of sulfonamides is 1. The summed E-state index contributed by atoms with van der Waals surface area (Å²) in [6, 6.07) is 11.0. The highest BCUT2D eigenvalue weighted by molar-refractivity contribution is 14.1. The van der Waals surface area contributed by atoms with Crippen molar-refractivity contribution in [2.75, 3.05) is 13.7 Å². The first kappa shape index (κ1) is 21.3. The topological polar surface area (TPSA) is 111 Å². The van der Waals surface area contributed by atoms with Gasteiger partial charge in [0.15, 0.2) is 18.1 Å². The van der Waals surface area contributed by atoms with E-state index in [4.69, 9.17) is 9.47 Å². The molecule has 2 aromatic carbocycles. The third-order valence-corrected chi connectivity index (χ3v) is 7.50. The summed E-state index contributed by atoms with van der Waals surface area (Å²) in [5, 5.41) is 10.6. The second-order valence-corrected chi connectivity index (χ2v) is 10.1. The van der Waals surface area contributed by atoms with Gasteiger partial charge >= 0.3 is 5.97 Å². The number of aliphatic hydroxyl groups excluding tert-OH is 1. The molecule has 4 rings (SSSR count). The third kappa shape index (κ3) is 4.01. The van der Waals surface area contributed by atoms with E-state index in [0.717, 1.165) is 9.13 Å².